The molecule has 0 unspecified atom stereocenters. The predicted molar refractivity (Wildman–Crippen MR) is 76.4 cm³/mol. The third kappa shape index (κ3) is 3.22. The van der Waals surface area contributed by atoms with Gasteiger partial charge in [-0.25, -0.2) is 0 Å². The maximum Gasteiger partial charge on any atom is 0.0609 e. The second kappa shape index (κ2) is 6.74. The van der Waals surface area contributed by atoms with Crippen LogP contribution in [0.25, 0.3) is 6.08 Å². The summed E-state index contributed by atoms with van der Waals surface area (Å²) in [4.78, 5) is 0. The molecule has 1 aromatic heterocycles. The smallest absolute Gasteiger partial charge is 0.0609 e. The van der Waals surface area contributed by atoms with Gasteiger partial charge in [-0.15, -0.1) is 0 Å². The van der Waals surface area contributed by atoms with Crippen molar-refractivity contribution in [3.8, 4) is 0 Å². The Morgan fingerprint density at radius 2 is 2.22 bits per heavy atom. The van der Waals surface area contributed by atoms with E-state index in [0.29, 0.717) is 0 Å². The average molecular weight is 247 g/mol. The molecule has 0 aromatic carbocycles. The molecule has 0 amide bonds. The van der Waals surface area contributed by atoms with Crippen LogP contribution in [0.3, 0.4) is 0 Å². The summed E-state index contributed by atoms with van der Waals surface area (Å²) in [5.74, 6) is 0.770. The zero-order chi connectivity index (χ0) is 12.8. The van der Waals surface area contributed by atoms with Crippen molar-refractivity contribution < 1.29 is 0 Å². The lowest BCUT2D eigenvalue weighted by Gasteiger charge is -2.24. The van der Waals surface area contributed by atoms with Gasteiger partial charge in [0.25, 0.3) is 0 Å². The molecule has 0 radical (unpaired) electrons. The van der Waals surface area contributed by atoms with Crippen molar-refractivity contribution in [2.75, 3.05) is 13.6 Å². The van der Waals surface area contributed by atoms with Crippen molar-refractivity contribution in [3.63, 3.8) is 0 Å². The van der Waals surface area contributed by atoms with Crippen LogP contribution >= 0.6 is 0 Å². The molecule has 100 valence electrons. The van der Waals surface area contributed by atoms with Crippen molar-refractivity contribution in [1.29, 1.82) is 0 Å². The summed E-state index contributed by atoms with van der Waals surface area (Å²) in [5.41, 5.74) is 2.79. The monoisotopic (exact) mass is 247 g/mol. The molecule has 2 rings (SSSR count). The SMILES string of the molecule is CCn1nccc1/C=C(/CNC)C1CCCCC1. The molecule has 0 aliphatic heterocycles. The quantitative estimate of drug-likeness (QED) is 0.866. The Morgan fingerprint density at radius 3 is 2.89 bits per heavy atom. The van der Waals surface area contributed by atoms with E-state index in [1.165, 1.54) is 37.8 Å². The number of hydrogen-bond donors (Lipinski definition) is 1. The maximum atomic E-state index is 4.34. The second-order valence-electron chi connectivity index (χ2n) is 5.16. The molecule has 0 spiro atoms. The average Bonchev–Trinajstić information content (AvgIpc) is 2.86. The number of aryl methyl sites for hydroxylation is 1. The molecule has 0 saturated heterocycles. The van der Waals surface area contributed by atoms with Crippen molar-refractivity contribution in [2.24, 2.45) is 5.92 Å². The summed E-state index contributed by atoms with van der Waals surface area (Å²) in [5, 5.41) is 7.66. The zero-order valence-corrected chi connectivity index (χ0v) is 11.7. The maximum absolute atomic E-state index is 4.34. The lowest BCUT2D eigenvalue weighted by atomic mass is 9.83. The standard InChI is InChI=1S/C15H25N3/c1-3-18-15(9-10-17-18)11-14(12-16-2)13-7-5-4-6-8-13/h9-11,13,16H,3-8,12H2,1-2H3/b14-11-. The van der Waals surface area contributed by atoms with Crippen LogP contribution in [0.2, 0.25) is 0 Å². The first-order chi connectivity index (χ1) is 8.85. The molecular formula is C15H25N3. The van der Waals surface area contributed by atoms with Crippen LogP contribution in [0.5, 0.6) is 0 Å². The predicted octanol–water partition coefficient (Wildman–Crippen LogP) is 3.09. The molecule has 18 heavy (non-hydrogen) atoms. The van der Waals surface area contributed by atoms with Gasteiger partial charge < -0.3 is 5.32 Å². The molecule has 1 aliphatic rings. The Balaban J connectivity index is 2.17. The van der Waals surface area contributed by atoms with Gasteiger partial charge in [-0.1, -0.05) is 24.8 Å². The van der Waals surface area contributed by atoms with Gasteiger partial charge in [-0.3, -0.25) is 4.68 Å². The Kier molecular flexibility index (Phi) is 5.00. The summed E-state index contributed by atoms with van der Waals surface area (Å²) in [6.45, 7) is 4.08. The van der Waals surface area contributed by atoms with Gasteiger partial charge in [-0.05, 0) is 44.9 Å². The van der Waals surface area contributed by atoms with Gasteiger partial charge in [-0.2, -0.15) is 5.10 Å². The summed E-state index contributed by atoms with van der Waals surface area (Å²) in [7, 11) is 2.04. The molecule has 1 N–H and O–H groups in total. The van der Waals surface area contributed by atoms with Crippen molar-refractivity contribution in [2.45, 2.75) is 45.6 Å². The van der Waals surface area contributed by atoms with Gasteiger partial charge in [0.05, 0.1) is 5.69 Å². The number of likely N-dealkylation sites (N-methyl/N-ethyl adjacent to an activating group) is 1. The highest BCUT2D eigenvalue weighted by atomic mass is 15.3. The molecule has 1 aliphatic carbocycles. The van der Waals surface area contributed by atoms with E-state index >= 15 is 0 Å². The van der Waals surface area contributed by atoms with Crippen LogP contribution in [-0.4, -0.2) is 23.4 Å². The largest absolute Gasteiger partial charge is 0.316 e. The van der Waals surface area contributed by atoms with Gasteiger partial charge in [0.15, 0.2) is 0 Å². The molecule has 1 saturated carbocycles. The highest BCUT2D eigenvalue weighted by Gasteiger charge is 2.17. The summed E-state index contributed by atoms with van der Waals surface area (Å²) in [6.07, 6.45) is 11.1. The van der Waals surface area contributed by atoms with E-state index in [-0.39, 0.29) is 0 Å². The van der Waals surface area contributed by atoms with E-state index in [2.05, 4.69) is 34.2 Å². The fraction of sp³-hybridized carbons (Fsp3) is 0.667. The number of nitrogens with one attached hydrogen (secondary N) is 1. The Labute approximate surface area is 110 Å². The summed E-state index contributed by atoms with van der Waals surface area (Å²) >= 11 is 0. The van der Waals surface area contributed by atoms with E-state index in [1.54, 1.807) is 5.57 Å². The molecule has 3 nitrogen and oxygen atoms in total. The van der Waals surface area contributed by atoms with Gasteiger partial charge >= 0.3 is 0 Å². The van der Waals surface area contributed by atoms with E-state index in [4.69, 9.17) is 0 Å². The van der Waals surface area contributed by atoms with Crippen LogP contribution < -0.4 is 5.32 Å². The molecule has 1 aromatic rings. The van der Waals surface area contributed by atoms with Gasteiger partial charge in [0, 0.05) is 19.3 Å². The van der Waals surface area contributed by atoms with Crippen molar-refractivity contribution >= 4 is 6.08 Å². The first-order valence-corrected chi connectivity index (χ1v) is 7.22. The molecule has 1 heterocycles. The van der Waals surface area contributed by atoms with E-state index in [1.807, 2.05) is 13.2 Å². The Morgan fingerprint density at radius 1 is 1.44 bits per heavy atom. The van der Waals surface area contributed by atoms with Crippen LogP contribution in [0.4, 0.5) is 0 Å². The molecular weight excluding hydrogens is 222 g/mol. The number of aromatic nitrogens is 2. The third-order valence-corrected chi connectivity index (χ3v) is 3.89. The second-order valence-corrected chi connectivity index (χ2v) is 5.16. The summed E-state index contributed by atoms with van der Waals surface area (Å²) in [6, 6.07) is 2.11. The minimum atomic E-state index is 0.770. The van der Waals surface area contributed by atoms with Crippen LogP contribution in [0.1, 0.15) is 44.7 Å². The molecule has 0 atom stereocenters. The minimum absolute atomic E-state index is 0.770. The lowest BCUT2D eigenvalue weighted by Crippen LogP contribution is -2.19. The number of rotatable bonds is 5. The van der Waals surface area contributed by atoms with E-state index in [0.717, 1.165) is 19.0 Å². The number of nitrogens with zero attached hydrogens (tertiary/aromatic N) is 2. The van der Waals surface area contributed by atoms with Crippen LogP contribution in [-0.2, 0) is 6.54 Å². The molecule has 1 fully saturated rings. The topological polar surface area (TPSA) is 29.9 Å². The molecule has 3 heteroatoms. The normalized spacial score (nSPS) is 18.2. The highest BCUT2D eigenvalue weighted by Crippen LogP contribution is 2.30. The van der Waals surface area contributed by atoms with Gasteiger partial charge in [0.1, 0.15) is 0 Å². The minimum Gasteiger partial charge on any atom is -0.316 e. The van der Waals surface area contributed by atoms with E-state index < -0.39 is 0 Å². The summed E-state index contributed by atoms with van der Waals surface area (Å²) < 4.78 is 2.07. The lowest BCUT2D eigenvalue weighted by molar-refractivity contribution is 0.398. The Bertz CT molecular complexity index is 386. The van der Waals surface area contributed by atoms with Gasteiger partial charge in [0.2, 0.25) is 0 Å². The first-order valence-electron chi connectivity index (χ1n) is 7.22. The zero-order valence-electron chi connectivity index (χ0n) is 11.7. The Hall–Kier alpha value is -1.09. The fourth-order valence-corrected chi connectivity index (χ4v) is 2.91. The van der Waals surface area contributed by atoms with E-state index in [9.17, 15) is 0 Å². The fourth-order valence-electron chi connectivity index (χ4n) is 2.91. The van der Waals surface area contributed by atoms with Crippen LogP contribution in [0.15, 0.2) is 17.8 Å². The first kappa shape index (κ1) is 13.3. The molecule has 0 bridgehead atoms. The third-order valence-electron chi connectivity index (χ3n) is 3.89. The highest BCUT2D eigenvalue weighted by molar-refractivity contribution is 5.50. The van der Waals surface area contributed by atoms with Crippen LogP contribution in [0, 0.1) is 5.92 Å². The van der Waals surface area contributed by atoms with Crippen molar-refractivity contribution in [1.82, 2.24) is 15.1 Å². The number of hydrogen-bond acceptors (Lipinski definition) is 2. The van der Waals surface area contributed by atoms with Crippen molar-refractivity contribution in [3.05, 3.63) is 23.5 Å².